The Balaban J connectivity index is 2.32. The Morgan fingerprint density at radius 1 is 1.47 bits per heavy atom. The average Bonchev–Trinajstić information content (AvgIpc) is 2.65. The van der Waals surface area contributed by atoms with Crippen molar-refractivity contribution in [3.8, 4) is 0 Å². The van der Waals surface area contributed by atoms with Crippen LogP contribution in [0, 0.1) is 5.92 Å². The Morgan fingerprint density at radius 3 is 2.88 bits per heavy atom. The van der Waals surface area contributed by atoms with E-state index in [2.05, 4.69) is 24.0 Å². The summed E-state index contributed by atoms with van der Waals surface area (Å²) in [6, 6.07) is -0.0865. The molecule has 0 aliphatic heterocycles. The molecule has 6 heteroatoms. The highest BCUT2D eigenvalue weighted by Gasteiger charge is 2.11. The molecule has 1 unspecified atom stereocenters. The minimum atomic E-state index is -0.0865. The normalized spacial score (nSPS) is 13.2. The number of hydrogen-bond donors (Lipinski definition) is 1. The molecule has 0 saturated carbocycles. The molecule has 0 aliphatic rings. The summed E-state index contributed by atoms with van der Waals surface area (Å²) >= 11 is 1.82. The van der Waals surface area contributed by atoms with Gasteiger partial charge in [-0.15, -0.1) is 0 Å². The molecular weight excluding hydrogens is 238 g/mol. The molecule has 0 saturated heterocycles. The maximum absolute atomic E-state index is 5.81. The van der Waals surface area contributed by atoms with E-state index in [-0.39, 0.29) is 6.04 Å². The van der Waals surface area contributed by atoms with Crippen molar-refractivity contribution in [3.05, 3.63) is 11.7 Å². The van der Waals surface area contributed by atoms with Crippen LogP contribution in [0.1, 0.15) is 25.6 Å². The summed E-state index contributed by atoms with van der Waals surface area (Å²) in [5, 5.41) is 3.92. The average molecular weight is 259 g/mol. The minimum absolute atomic E-state index is 0.0865. The van der Waals surface area contributed by atoms with Crippen molar-refractivity contribution in [2.75, 3.05) is 19.5 Å². The van der Waals surface area contributed by atoms with Gasteiger partial charge in [0.15, 0.2) is 5.82 Å². The molecule has 1 aromatic heterocycles. The first-order chi connectivity index (χ1) is 8.11. The van der Waals surface area contributed by atoms with Crippen molar-refractivity contribution in [3.63, 3.8) is 0 Å². The topological polar surface area (TPSA) is 74.2 Å². The van der Waals surface area contributed by atoms with Crippen LogP contribution in [0.2, 0.25) is 0 Å². The standard InChI is InChI=1S/C11H21N3O2S/c1-8(2)6-17-7-10-13-11(16-14-10)4-9(12)5-15-3/h8-9H,4-7,12H2,1-3H3. The Labute approximate surface area is 106 Å². The zero-order valence-corrected chi connectivity index (χ0v) is 11.5. The summed E-state index contributed by atoms with van der Waals surface area (Å²) in [5.74, 6) is 3.92. The second kappa shape index (κ2) is 7.68. The lowest BCUT2D eigenvalue weighted by Crippen LogP contribution is -2.28. The predicted octanol–water partition coefficient (Wildman–Crippen LogP) is 1.47. The molecule has 0 fully saturated rings. The van der Waals surface area contributed by atoms with E-state index in [0.717, 1.165) is 17.3 Å². The van der Waals surface area contributed by atoms with Gasteiger partial charge >= 0.3 is 0 Å². The number of aromatic nitrogens is 2. The summed E-state index contributed by atoms with van der Waals surface area (Å²) in [6.45, 7) is 4.89. The highest BCUT2D eigenvalue weighted by molar-refractivity contribution is 7.98. The van der Waals surface area contributed by atoms with E-state index in [1.807, 2.05) is 11.8 Å². The quantitative estimate of drug-likeness (QED) is 0.762. The van der Waals surface area contributed by atoms with Gasteiger partial charge in [0.2, 0.25) is 5.89 Å². The van der Waals surface area contributed by atoms with Gasteiger partial charge < -0.3 is 15.0 Å². The molecule has 0 amide bonds. The van der Waals surface area contributed by atoms with Gasteiger partial charge in [-0.2, -0.15) is 16.7 Å². The number of nitrogens with zero attached hydrogens (tertiary/aromatic N) is 2. The fourth-order valence-corrected chi connectivity index (χ4v) is 2.20. The monoisotopic (exact) mass is 259 g/mol. The van der Waals surface area contributed by atoms with Crippen LogP contribution in [0.5, 0.6) is 0 Å². The molecule has 5 nitrogen and oxygen atoms in total. The first kappa shape index (κ1) is 14.5. The van der Waals surface area contributed by atoms with Gasteiger partial charge in [-0.05, 0) is 11.7 Å². The van der Waals surface area contributed by atoms with Gasteiger partial charge in [-0.25, -0.2) is 0 Å². The number of ether oxygens (including phenoxy) is 1. The van der Waals surface area contributed by atoms with Crippen LogP contribution in [0.3, 0.4) is 0 Å². The summed E-state index contributed by atoms with van der Waals surface area (Å²) in [7, 11) is 1.63. The Hall–Kier alpha value is -0.590. The summed E-state index contributed by atoms with van der Waals surface area (Å²) < 4.78 is 10.1. The number of thioether (sulfide) groups is 1. The number of hydrogen-bond acceptors (Lipinski definition) is 6. The van der Waals surface area contributed by atoms with Crippen molar-refractivity contribution in [2.24, 2.45) is 11.7 Å². The highest BCUT2D eigenvalue weighted by atomic mass is 32.2. The lowest BCUT2D eigenvalue weighted by Gasteiger charge is -2.05. The van der Waals surface area contributed by atoms with Crippen molar-refractivity contribution in [1.82, 2.24) is 10.1 Å². The zero-order chi connectivity index (χ0) is 12.7. The van der Waals surface area contributed by atoms with E-state index < -0.39 is 0 Å². The summed E-state index contributed by atoms with van der Waals surface area (Å²) in [4.78, 5) is 4.30. The van der Waals surface area contributed by atoms with E-state index in [1.165, 1.54) is 0 Å². The molecular formula is C11H21N3O2S. The first-order valence-electron chi connectivity index (χ1n) is 5.75. The second-order valence-electron chi connectivity index (χ2n) is 4.43. The van der Waals surface area contributed by atoms with E-state index in [0.29, 0.717) is 24.8 Å². The fraction of sp³-hybridized carbons (Fsp3) is 0.818. The van der Waals surface area contributed by atoms with Crippen LogP contribution in [0.25, 0.3) is 0 Å². The van der Waals surface area contributed by atoms with Crippen LogP contribution in [-0.2, 0) is 16.9 Å². The van der Waals surface area contributed by atoms with E-state index in [4.69, 9.17) is 15.0 Å². The number of methoxy groups -OCH3 is 1. The van der Waals surface area contributed by atoms with Crippen molar-refractivity contribution < 1.29 is 9.26 Å². The summed E-state index contributed by atoms with van der Waals surface area (Å²) in [5.41, 5.74) is 5.81. The molecule has 1 aromatic rings. The second-order valence-corrected chi connectivity index (χ2v) is 5.46. The maximum Gasteiger partial charge on any atom is 0.228 e. The Morgan fingerprint density at radius 2 is 2.24 bits per heavy atom. The van der Waals surface area contributed by atoms with E-state index >= 15 is 0 Å². The number of rotatable bonds is 8. The third kappa shape index (κ3) is 6.05. The van der Waals surface area contributed by atoms with Gasteiger partial charge in [0.25, 0.3) is 0 Å². The van der Waals surface area contributed by atoms with Gasteiger partial charge in [0.1, 0.15) is 0 Å². The lowest BCUT2D eigenvalue weighted by atomic mass is 10.2. The fourth-order valence-electron chi connectivity index (χ4n) is 1.31. The predicted molar refractivity (Wildman–Crippen MR) is 68.9 cm³/mol. The smallest absolute Gasteiger partial charge is 0.228 e. The molecule has 17 heavy (non-hydrogen) atoms. The molecule has 0 radical (unpaired) electrons. The molecule has 98 valence electrons. The molecule has 2 N–H and O–H groups in total. The first-order valence-corrected chi connectivity index (χ1v) is 6.91. The van der Waals surface area contributed by atoms with Crippen LogP contribution in [0.4, 0.5) is 0 Å². The third-order valence-corrected chi connectivity index (χ3v) is 3.37. The van der Waals surface area contributed by atoms with Crippen molar-refractivity contribution in [1.29, 1.82) is 0 Å². The lowest BCUT2D eigenvalue weighted by molar-refractivity contribution is 0.176. The highest BCUT2D eigenvalue weighted by Crippen LogP contribution is 2.13. The van der Waals surface area contributed by atoms with Gasteiger partial charge in [-0.1, -0.05) is 19.0 Å². The van der Waals surface area contributed by atoms with E-state index in [1.54, 1.807) is 7.11 Å². The van der Waals surface area contributed by atoms with Crippen LogP contribution < -0.4 is 5.73 Å². The SMILES string of the molecule is COCC(N)Cc1nc(CSCC(C)C)no1. The zero-order valence-electron chi connectivity index (χ0n) is 10.7. The van der Waals surface area contributed by atoms with Crippen molar-refractivity contribution >= 4 is 11.8 Å². The molecule has 0 aromatic carbocycles. The molecule has 0 bridgehead atoms. The third-order valence-electron chi connectivity index (χ3n) is 2.01. The van der Waals surface area contributed by atoms with Gasteiger partial charge in [-0.3, -0.25) is 0 Å². The van der Waals surface area contributed by atoms with Crippen molar-refractivity contribution in [2.45, 2.75) is 32.1 Å². The van der Waals surface area contributed by atoms with Gasteiger partial charge in [0.05, 0.1) is 12.4 Å². The molecule has 1 heterocycles. The molecule has 1 rings (SSSR count). The molecule has 0 spiro atoms. The summed E-state index contributed by atoms with van der Waals surface area (Å²) in [6.07, 6.45) is 0.565. The minimum Gasteiger partial charge on any atom is -0.383 e. The van der Waals surface area contributed by atoms with E-state index in [9.17, 15) is 0 Å². The van der Waals surface area contributed by atoms with Crippen LogP contribution in [-0.4, -0.2) is 35.7 Å². The largest absolute Gasteiger partial charge is 0.383 e. The number of nitrogens with two attached hydrogens (primary N) is 1. The van der Waals surface area contributed by atoms with Gasteiger partial charge in [0, 0.05) is 19.6 Å². The Bertz CT molecular complexity index is 317. The van der Waals surface area contributed by atoms with Crippen LogP contribution in [0.15, 0.2) is 4.52 Å². The maximum atomic E-state index is 5.81. The molecule has 1 atom stereocenters. The Kier molecular flexibility index (Phi) is 6.54. The molecule has 0 aliphatic carbocycles. The van der Waals surface area contributed by atoms with Crippen LogP contribution >= 0.6 is 11.8 Å².